The molecule has 0 aliphatic rings. The molecule has 2 nitrogen and oxygen atoms in total. The second kappa shape index (κ2) is 4.61. The van der Waals surface area contributed by atoms with Crippen LogP contribution in [-0.2, 0) is 6.54 Å². The summed E-state index contributed by atoms with van der Waals surface area (Å²) in [5, 5.41) is 2.76. The van der Waals surface area contributed by atoms with E-state index in [1.165, 1.54) is 5.56 Å². The molecule has 0 saturated carbocycles. The number of hydrogen-bond donors (Lipinski definition) is 1. The molecule has 3 heteroatoms. The first kappa shape index (κ1) is 10.5. The number of nitrogens with zero attached hydrogens (tertiary/aromatic N) is 1. The van der Waals surface area contributed by atoms with Crippen molar-refractivity contribution >= 4 is 11.6 Å². The molecule has 1 aromatic rings. The number of aryl methyl sites for hydroxylation is 1. The Balaban J connectivity index is 2.63. The highest BCUT2D eigenvalue weighted by Gasteiger charge is 1.97. The van der Waals surface area contributed by atoms with E-state index in [1.807, 2.05) is 38.2 Å². The highest BCUT2D eigenvalue weighted by molar-refractivity contribution is 6.31. The van der Waals surface area contributed by atoms with Gasteiger partial charge in [-0.2, -0.15) is 0 Å². The Hall–Kier alpha value is -0.570. The molecule has 72 valence electrons. The zero-order valence-corrected chi connectivity index (χ0v) is 9.02. The zero-order valence-electron chi connectivity index (χ0n) is 8.26. The number of benzene rings is 1. The summed E-state index contributed by atoms with van der Waals surface area (Å²) >= 11 is 5.99. The van der Waals surface area contributed by atoms with Gasteiger partial charge in [-0.1, -0.05) is 23.7 Å². The second-order valence-corrected chi connectivity index (χ2v) is 3.72. The SMILES string of the molecule is Cc1ccc(CNN(C)C)cc1Cl. The van der Waals surface area contributed by atoms with E-state index < -0.39 is 0 Å². The Morgan fingerprint density at radius 2 is 2.08 bits per heavy atom. The van der Waals surface area contributed by atoms with Gasteiger partial charge in [0.1, 0.15) is 0 Å². The van der Waals surface area contributed by atoms with Crippen molar-refractivity contribution in [2.45, 2.75) is 13.5 Å². The lowest BCUT2D eigenvalue weighted by molar-refractivity contribution is 0.286. The summed E-state index contributed by atoms with van der Waals surface area (Å²) in [6, 6.07) is 6.11. The van der Waals surface area contributed by atoms with Crippen LogP contribution in [0.2, 0.25) is 5.02 Å². The first-order chi connectivity index (χ1) is 6.09. The fourth-order valence-corrected chi connectivity index (χ4v) is 1.20. The largest absolute Gasteiger partial charge is 0.251 e. The summed E-state index contributed by atoms with van der Waals surface area (Å²) in [7, 11) is 3.94. The first-order valence-corrected chi connectivity index (χ1v) is 4.63. The number of hydrogen-bond acceptors (Lipinski definition) is 2. The average Bonchev–Trinajstić information content (AvgIpc) is 2.07. The lowest BCUT2D eigenvalue weighted by Gasteiger charge is -2.12. The molecular formula is C10H15ClN2. The molecule has 1 aromatic carbocycles. The maximum absolute atomic E-state index is 5.99. The topological polar surface area (TPSA) is 15.3 Å². The van der Waals surface area contributed by atoms with Crippen LogP contribution in [0.15, 0.2) is 18.2 Å². The molecule has 0 aromatic heterocycles. The standard InChI is InChI=1S/C10H15ClN2/c1-8-4-5-9(6-10(8)11)7-12-13(2)3/h4-6,12H,7H2,1-3H3. The van der Waals surface area contributed by atoms with Gasteiger partial charge < -0.3 is 0 Å². The Morgan fingerprint density at radius 3 is 2.62 bits per heavy atom. The van der Waals surface area contributed by atoms with E-state index in [1.54, 1.807) is 0 Å². The van der Waals surface area contributed by atoms with Crippen molar-refractivity contribution < 1.29 is 0 Å². The molecule has 0 fully saturated rings. The van der Waals surface area contributed by atoms with Crippen LogP contribution in [0.3, 0.4) is 0 Å². The van der Waals surface area contributed by atoms with Crippen molar-refractivity contribution in [3.05, 3.63) is 34.3 Å². The predicted molar refractivity (Wildman–Crippen MR) is 56.7 cm³/mol. The lowest BCUT2D eigenvalue weighted by atomic mass is 10.1. The third kappa shape index (κ3) is 3.35. The molecule has 0 unspecified atom stereocenters. The van der Waals surface area contributed by atoms with Gasteiger partial charge in [0.05, 0.1) is 0 Å². The predicted octanol–water partition coefficient (Wildman–Crippen LogP) is 2.21. The van der Waals surface area contributed by atoms with Crippen LogP contribution in [0.5, 0.6) is 0 Å². The Labute approximate surface area is 84.5 Å². The summed E-state index contributed by atoms with van der Waals surface area (Å²) in [4.78, 5) is 0. The minimum atomic E-state index is 0.812. The molecule has 0 spiro atoms. The third-order valence-electron chi connectivity index (χ3n) is 1.84. The summed E-state index contributed by atoms with van der Waals surface area (Å²) < 4.78 is 0. The third-order valence-corrected chi connectivity index (χ3v) is 2.24. The van der Waals surface area contributed by atoms with Gasteiger partial charge in [0.15, 0.2) is 0 Å². The quantitative estimate of drug-likeness (QED) is 0.750. The van der Waals surface area contributed by atoms with Crippen LogP contribution < -0.4 is 5.43 Å². The number of hydrazine groups is 1. The van der Waals surface area contributed by atoms with E-state index in [0.717, 1.165) is 17.1 Å². The molecule has 13 heavy (non-hydrogen) atoms. The number of halogens is 1. The fourth-order valence-electron chi connectivity index (χ4n) is 0.996. The van der Waals surface area contributed by atoms with Crippen molar-refractivity contribution in [1.29, 1.82) is 0 Å². The van der Waals surface area contributed by atoms with Gasteiger partial charge in [0.25, 0.3) is 0 Å². The van der Waals surface area contributed by atoms with E-state index in [0.29, 0.717) is 0 Å². The van der Waals surface area contributed by atoms with Crippen LogP contribution >= 0.6 is 11.6 Å². The van der Waals surface area contributed by atoms with Gasteiger partial charge in [-0.15, -0.1) is 0 Å². The summed E-state index contributed by atoms with van der Waals surface area (Å²) in [5.41, 5.74) is 5.50. The Bertz CT molecular complexity index is 284. The zero-order chi connectivity index (χ0) is 9.84. The molecule has 0 saturated heterocycles. The van der Waals surface area contributed by atoms with E-state index in [9.17, 15) is 0 Å². The van der Waals surface area contributed by atoms with Crippen LogP contribution in [0, 0.1) is 6.92 Å². The summed E-state index contributed by atoms with van der Waals surface area (Å²) in [5.74, 6) is 0. The van der Waals surface area contributed by atoms with E-state index in [-0.39, 0.29) is 0 Å². The normalized spacial score (nSPS) is 10.8. The first-order valence-electron chi connectivity index (χ1n) is 4.25. The molecule has 0 atom stereocenters. The van der Waals surface area contributed by atoms with Gasteiger partial charge in [0.2, 0.25) is 0 Å². The monoisotopic (exact) mass is 198 g/mol. The Kier molecular flexibility index (Phi) is 3.72. The molecule has 1 rings (SSSR count). The van der Waals surface area contributed by atoms with Crippen molar-refractivity contribution in [2.75, 3.05) is 14.1 Å². The van der Waals surface area contributed by atoms with Crippen molar-refractivity contribution in [1.82, 2.24) is 10.4 Å². The average molecular weight is 199 g/mol. The Morgan fingerprint density at radius 1 is 1.38 bits per heavy atom. The van der Waals surface area contributed by atoms with E-state index in [4.69, 9.17) is 11.6 Å². The summed E-state index contributed by atoms with van der Waals surface area (Å²) in [6.07, 6.45) is 0. The van der Waals surface area contributed by atoms with Crippen LogP contribution in [0.4, 0.5) is 0 Å². The van der Waals surface area contributed by atoms with E-state index in [2.05, 4.69) is 11.5 Å². The molecule has 0 aliphatic carbocycles. The maximum Gasteiger partial charge on any atom is 0.0438 e. The minimum absolute atomic E-state index is 0.812. The lowest BCUT2D eigenvalue weighted by Crippen LogP contribution is -2.29. The molecule has 0 heterocycles. The molecule has 0 aliphatic heterocycles. The maximum atomic E-state index is 5.99. The number of rotatable bonds is 3. The van der Waals surface area contributed by atoms with Gasteiger partial charge in [-0.05, 0) is 24.1 Å². The van der Waals surface area contributed by atoms with Crippen LogP contribution in [-0.4, -0.2) is 19.1 Å². The van der Waals surface area contributed by atoms with Crippen LogP contribution in [0.1, 0.15) is 11.1 Å². The highest BCUT2D eigenvalue weighted by Crippen LogP contribution is 2.16. The summed E-state index contributed by atoms with van der Waals surface area (Å²) in [6.45, 7) is 2.82. The van der Waals surface area contributed by atoms with Crippen molar-refractivity contribution in [3.63, 3.8) is 0 Å². The second-order valence-electron chi connectivity index (χ2n) is 3.31. The highest BCUT2D eigenvalue weighted by atomic mass is 35.5. The molecular weight excluding hydrogens is 184 g/mol. The molecule has 0 amide bonds. The van der Waals surface area contributed by atoms with Gasteiger partial charge >= 0.3 is 0 Å². The van der Waals surface area contributed by atoms with Gasteiger partial charge in [-0.25, -0.2) is 0 Å². The van der Waals surface area contributed by atoms with E-state index >= 15 is 0 Å². The molecule has 0 bridgehead atoms. The molecule has 0 radical (unpaired) electrons. The van der Waals surface area contributed by atoms with Crippen molar-refractivity contribution in [2.24, 2.45) is 0 Å². The van der Waals surface area contributed by atoms with Crippen LogP contribution in [0.25, 0.3) is 0 Å². The van der Waals surface area contributed by atoms with Crippen molar-refractivity contribution in [3.8, 4) is 0 Å². The smallest absolute Gasteiger partial charge is 0.0438 e. The van der Waals surface area contributed by atoms with Gasteiger partial charge in [-0.3, -0.25) is 10.4 Å². The van der Waals surface area contributed by atoms with Gasteiger partial charge in [0, 0.05) is 25.7 Å². The fraction of sp³-hybridized carbons (Fsp3) is 0.400. The minimum Gasteiger partial charge on any atom is -0.251 e. The number of nitrogens with one attached hydrogen (secondary N) is 1. The molecule has 1 N–H and O–H groups in total.